The molecule has 0 aliphatic carbocycles. The molecule has 6 aromatic heterocycles. The van der Waals surface area contributed by atoms with Crippen molar-refractivity contribution in [2.75, 3.05) is 0 Å². The van der Waals surface area contributed by atoms with Gasteiger partial charge in [-0.05, 0) is 68.7 Å². The molecule has 0 saturated heterocycles. The van der Waals surface area contributed by atoms with Crippen molar-refractivity contribution in [2.45, 2.75) is 0 Å². The lowest BCUT2D eigenvalue weighted by Gasteiger charge is -2.13. The molecule has 0 amide bonds. The molecule has 6 nitrogen and oxygen atoms in total. The first kappa shape index (κ1) is 62.3. The maximum atomic E-state index is 5.26. The molecule has 498 valence electrons. The van der Waals surface area contributed by atoms with Gasteiger partial charge in [0.1, 0.15) is 0 Å². The lowest BCUT2D eigenvalue weighted by molar-refractivity contribution is 1.23. The molecule has 0 unspecified atom stereocenters. The smallest absolute Gasteiger partial charge is 0.161 e. The highest BCUT2D eigenvalue weighted by Gasteiger charge is 2.22. The summed E-state index contributed by atoms with van der Waals surface area (Å²) in [5.74, 6) is 2.28. The molecule has 0 saturated carbocycles. The fourth-order valence-electron chi connectivity index (χ4n) is 15.8. The summed E-state index contributed by atoms with van der Waals surface area (Å²) in [6.45, 7) is 0. The van der Waals surface area contributed by atoms with Crippen LogP contribution in [0.2, 0.25) is 0 Å². The molecule has 0 spiro atoms. The molecule has 0 N–H and O–H groups in total. The van der Waals surface area contributed by atoms with E-state index in [0.717, 1.165) is 106 Å². The number of para-hydroxylation sites is 1. The lowest BCUT2D eigenvalue weighted by Crippen LogP contribution is -1.96. The van der Waals surface area contributed by atoms with Gasteiger partial charge in [0, 0.05) is 132 Å². The van der Waals surface area contributed by atoms with Crippen molar-refractivity contribution in [2.24, 2.45) is 0 Å². The minimum atomic E-state index is 0.757. The third kappa shape index (κ3) is 10.6. The Bertz CT molecular complexity index is 7520. The van der Waals surface area contributed by atoms with Crippen molar-refractivity contribution in [1.82, 2.24) is 29.9 Å². The first-order chi connectivity index (χ1) is 53.1. The maximum Gasteiger partial charge on any atom is 0.161 e. The molecule has 6 heterocycles. The van der Waals surface area contributed by atoms with Crippen molar-refractivity contribution >= 4 is 181 Å². The first-order valence-corrected chi connectivity index (χ1v) is 38.3. The average molecular weight is 1420 g/mol. The summed E-state index contributed by atoms with van der Waals surface area (Å²) in [7, 11) is 0. The SMILES string of the molecule is c1ccc(-c2nc(-c3cccc4c3ccc3c5ccccc5sc43)nc3c2ccc2ccccc23)cc1.c1ccc(-c2nc(-c3cccc4c3ccc3c5ccccc5sc43)nc3ccc4ccccc4c23)cc1.c1ccc(-c2nc(-c3cccc4c3ccc3c5ccccc5sc43)nc3ccccc23)cc1. The highest BCUT2D eigenvalue weighted by atomic mass is 32.1. The summed E-state index contributed by atoms with van der Waals surface area (Å²) in [5, 5.41) is 23.1. The van der Waals surface area contributed by atoms with E-state index in [-0.39, 0.29) is 0 Å². The van der Waals surface area contributed by atoms with E-state index in [0.29, 0.717) is 0 Å². The highest BCUT2D eigenvalue weighted by molar-refractivity contribution is 7.27. The summed E-state index contributed by atoms with van der Waals surface area (Å²) in [4.78, 5) is 30.9. The van der Waals surface area contributed by atoms with Crippen molar-refractivity contribution in [3.63, 3.8) is 0 Å². The second-order valence-corrected chi connectivity index (χ2v) is 30.1. The molecular weight excluding hydrogens is 1360 g/mol. The second-order valence-electron chi connectivity index (χ2n) is 27.0. The van der Waals surface area contributed by atoms with E-state index in [1.807, 2.05) is 64.3 Å². The Morgan fingerprint density at radius 2 is 0.505 bits per heavy atom. The molecule has 23 aromatic rings. The molecule has 0 fully saturated rings. The number of benzene rings is 17. The Hall–Kier alpha value is -13.3. The second kappa shape index (κ2) is 25.8. The first-order valence-electron chi connectivity index (χ1n) is 35.9. The van der Waals surface area contributed by atoms with Crippen molar-refractivity contribution < 1.29 is 0 Å². The molecule has 0 aliphatic heterocycles. The highest BCUT2D eigenvalue weighted by Crippen LogP contribution is 2.46. The van der Waals surface area contributed by atoms with E-state index < -0.39 is 0 Å². The van der Waals surface area contributed by atoms with Gasteiger partial charge in [0.15, 0.2) is 17.5 Å². The van der Waals surface area contributed by atoms with Crippen LogP contribution in [0, 0.1) is 0 Å². The molecule has 0 aliphatic rings. The normalized spacial score (nSPS) is 11.7. The van der Waals surface area contributed by atoms with Gasteiger partial charge in [-0.3, -0.25) is 0 Å². The lowest BCUT2D eigenvalue weighted by atomic mass is 9.98. The molecule has 0 radical (unpaired) electrons. The molecule has 23 rings (SSSR count). The molecule has 0 atom stereocenters. The Morgan fingerprint density at radius 1 is 0.178 bits per heavy atom. The monoisotopic (exact) mass is 1410 g/mol. The molecule has 17 aromatic carbocycles. The molecule has 107 heavy (non-hydrogen) atoms. The van der Waals surface area contributed by atoms with Crippen LogP contribution in [0.1, 0.15) is 0 Å². The topological polar surface area (TPSA) is 77.3 Å². The molecule has 9 heteroatoms. The van der Waals surface area contributed by atoms with Crippen molar-refractivity contribution in [1.29, 1.82) is 0 Å². The Labute approximate surface area is 626 Å². The largest absolute Gasteiger partial charge is 0.228 e. The van der Waals surface area contributed by atoms with Crippen molar-refractivity contribution in [3.8, 4) is 67.9 Å². The number of fused-ring (bicyclic) bond motifs is 22. The van der Waals surface area contributed by atoms with Gasteiger partial charge in [0.25, 0.3) is 0 Å². The van der Waals surface area contributed by atoms with Gasteiger partial charge in [0.2, 0.25) is 0 Å². The fourth-order valence-corrected chi connectivity index (χ4v) is 19.5. The van der Waals surface area contributed by atoms with Crippen LogP contribution in [0.15, 0.2) is 352 Å². The van der Waals surface area contributed by atoms with Crippen LogP contribution in [0.4, 0.5) is 0 Å². The van der Waals surface area contributed by atoms with Crippen LogP contribution in [-0.4, -0.2) is 29.9 Å². The summed E-state index contributed by atoms with van der Waals surface area (Å²) >= 11 is 5.57. The predicted molar refractivity (Wildman–Crippen MR) is 457 cm³/mol. The summed E-state index contributed by atoms with van der Waals surface area (Å²) in [6, 6.07) is 124. The summed E-state index contributed by atoms with van der Waals surface area (Å²) < 4.78 is 7.90. The number of thiophene rings is 3. The van der Waals surface area contributed by atoms with Crippen molar-refractivity contribution in [3.05, 3.63) is 352 Å². The van der Waals surface area contributed by atoms with Crippen LogP contribution in [-0.2, 0) is 0 Å². The van der Waals surface area contributed by atoms with E-state index in [1.54, 1.807) is 0 Å². The zero-order valence-electron chi connectivity index (χ0n) is 57.4. The number of aromatic nitrogens is 6. The third-order valence-electron chi connectivity index (χ3n) is 20.9. The van der Waals surface area contributed by atoms with Crippen LogP contribution >= 0.6 is 34.0 Å². The van der Waals surface area contributed by atoms with Gasteiger partial charge in [-0.15, -0.1) is 34.0 Å². The Kier molecular flexibility index (Phi) is 15.0. The summed E-state index contributed by atoms with van der Waals surface area (Å²) in [5.41, 5.74) is 12.3. The standard InChI is InChI=1S/2C34H20N2S.C30H18N2S/c1-2-10-22(11-3-1)32-31-23-12-5-4-9-21(23)17-20-29(31)35-34(36-32)28-15-8-14-26-24(28)18-19-27-25-13-6-7-16-30(25)37-33(26)27;1-2-10-22(11-3-1)31-29-18-17-21-9-4-5-12-23(21)32(29)36-34(35-31)28-15-8-14-26-24(28)19-20-27-25-13-6-7-16-30(25)37-33(26)27;1-2-9-19(10-3-1)28-25-12-4-6-15-26(25)31-30(32-28)24-14-8-13-22-20(24)17-18-23-21-11-5-7-16-27(21)33-29(22)23/h2*1-20H;1-18H. The van der Waals surface area contributed by atoms with Gasteiger partial charge in [0.05, 0.1) is 33.6 Å². The quantitative estimate of drug-likeness (QED) is 0.154. The number of hydrogen-bond donors (Lipinski definition) is 0. The molecule has 0 bridgehead atoms. The van der Waals surface area contributed by atoms with E-state index in [4.69, 9.17) is 29.9 Å². The van der Waals surface area contributed by atoms with Gasteiger partial charge < -0.3 is 0 Å². The Morgan fingerprint density at radius 3 is 1.00 bits per heavy atom. The maximum absolute atomic E-state index is 5.26. The van der Waals surface area contributed by atoms with Crippen LogP contribution in [0.5, 0.6) is 0 Å². The predicted octanol–water partition coefficient (Wildman–Crippen LogP) is 27.8. The minimum Gasteiger partial charge on any atom is -0.228 e. The van der Waals surface area contributed by atoms with E-state index in [9.17, 15) is 0 Å². The Balaban J connectivity index is 0.000000103. The van der Waals surface area contributed by atoms with E-state index in [2.05, 4.69) is 322 Å². The van der Waals surface area contributed by atoms with Gasteiger partial charge in [-0.25, -0.2) is 29.9 Å². The zero-order chi connectivity index (χ0) is 70.5. The van der Waals surface area contributed by atoms with Gasteiger partial charge in [-0.1, -0.05) is 315 Å². The van der Waals surface area contributed by atoms with E-state index >= 15 is 0 Å². The van der Waals surface area contributed by atoms with Gasteiger partial charge in [-0.2, -0.15) is 0 Å². The van der Waals surface area contributed by atoms with Gasteiger partial charge >= 0.3 is 0 Å². The van der Waals surface area contributed by atoms with Crippen LogP contribution in [0.25, 0.3) is 215 Å². The zero-order valence-corrected chi connectivity index (χ0v) is 59.8. The fraction of sp³-hybridized carbons (Fsp3) is 0. The van der Waals surface area contributed by atoms with Crippen LogP contribution in [0.3, 0.4) is 0 Å². The molecular formula is C98H58N6S3. The number of rotatable bonds is 6. The van der Waals surface area contributed by atoms with Crippen LogP contribution < -0.4 is 0 Å². The number of hydrogen-bond acceptors (Lipinski definition) is 9. The third-order valence-corrected chi connectivity index (χ3v) is 24.5. The van der Waals surface area contributed by atoms with E-state index in [1.165, 1.54) is 109 Å². The minimum absolute atomic E-state index is 0.757. The number of nitrogens with zero attached hydrogens (tertiary/aromatic N) is 6. The average Bonchev–Trinajstić information content (AvgIpc) is 1.72. The summed E-state index contributed by atoms with van der Waals surface area (Å²) in [6.07, 6.45) is 0.